The second-order valence-electron chi connectivity index (χ2n) is 6.27. The molecule has 3 nitrogen and oxygen atoms in total. The zero-order valence-corrected chi connectivity index (χ0v) is 10.6. The molecule has 0 spiro atoms. The number of aliphatic hydroxyl groups excluding tert-OH is 1. The van der Waals surface area contributed by atoms with Gasteiger partial charge in [0, 0.05) is 18.0 Å². The Morgan fingerprint density at radius 3 is 2.29 bits per heavy atom. The molecule has 1 saturated carbocycles. The molecule has 0 aromatic carbocycles. The Morgan fingerprint density at radius 2 is 1.76 bits per heavy atom. The Hall–Kier alpha value is -0.570. The summed E-state index contributed by atoms with van der Waals surface area (Å²) in [5.41, 5.74) is 0. The monoisotopic (exact) mass is 237 g/mol. The minimum Gasteiger partial charge on any atom is -0.393 e. The van der Waals surface area contributed by atoms with Crippen molar-refractivity contribution in [1.82, 2.24) is 4.90 Å². The molecule has 2 heterocycles. The Bertz CT molecular complexity index is 303. The first-order chi connectivity index (χ1) is 8.16. The molecule has 1 aliphatic carbocycles. The van der Waals surface area contributed by atoms with Crippen LogP contribution in [-0.2, 0) is 4.79 Å². The summed E-state index contributed by atoms with van der Waals surface area (Å²) in [7, 11) is 0. The number of nitrogens with zero attached hydrogens (tertiary/aromatic N) is 1. The van der Waals surface area contributed by atoms with Crippen molar-refractivity contribution in [1.29, 1.82) is 0 Å². The third-order valence-electron chi connectivity index (χ3n) is 5.14. The van der Waals surface area contributed by atoms with Gasteiger partial charge in [-0.1, -0.05) is 13.3 Å². The van der Waals surface area contributed by atoms with Crippen molar-refractivity contribution in [2.75, 3.05) is 0 Å². The van der Waals surface area contributed by atoms with Gasteiger partial charge in [-0.25, -0.2) is 0 Å². The zero-order valence-electron chi connectivity index (χ0n) is 10.6. The molecule has 2 aliphatic heterocycles. The maximum atomic E-state index is 12.6. The van der Waals surface area contributed by atoms with Crippen LogP contribution in [0, 0.1) is 11.8 Å². The number of fused-ring (bicyclic) bond motifs is 2. The van der Waals surface area contributed by atoms with Gasteiger partial charge in [0.2, 0.25) is 5.91 Å². The van der Waals surface area contributed by atoms with E-state index in [4.69, 9.17) is 0 Å². The predicted molar refractivity (Wildman–Crippen MR) is 65.4 cm³/mol. The van der Waals surface area contributed by atoms with Crippen LogP contribution in [0.4, 0.5) is 0 Å². The molecule has 0 aromatic rings. The highest BCUT2D eigenvalue weighted by Gasteiger charge is 2.45. The Morgan fingerprint density at radius 1 is 1.12 bits per heavy atom. The van der Waals surface area contributed by atoms with Crippen LogP contribution >= 0.6 is 0 Å². The van der Waals surface area contributed by atoms with Crippen LogP contribution in [0.5, 0.6) is 0 Å². The van der Waals surface area contributed by atoms with E-state index in [0.717, 1.165) is 32.1 Å². The van der Waals surface area contributed by atoms with Crippen LogP contribution in [0.1, 0.15) is 51.9 Å². The molecule has 2 bridgehead atoms. The molecule has 0 aromatic heterocycles. The van der Waals surface area contributed by atoms with Crippen LogP contribution < -0.4 is 0 Å². The van der Waals surface area contributed by atoms with Gasteiger partial charge in [0.1, 0.15) is 0 Å². The molecule has 4 unspecified atom stereocenters. The smallest absolute Gasteiger partial charge is 0.226 e. The first-order valence-electron chi connectivity index (χ1n) is 7.17. The third kappa shape index (κ3) is 1.88. The first kappa shape index (κ1) is 11.5. The van der Waals surface area contributed by atoms with E-state index in [9.17, 15) is 9.90 Å². The van der Waals surface area contributed by atoms with Gasteiger partial charge in [-0.05, 0) is 44.4 Å². The lowest BCUT2D eigenvalue weighted by Gasteiger charge is -2.39. The second-order valence-corrected chi connectivity index (χ2v) is 6.27. The maximum Gasteiger partial charge on any atom is 0.226 e. The highest BCUT2D eigenvalue weighted by atomic mass is 16.3. The normalized spacial score (nSPS) is 45.3. The molecule has 4 atom stereocenters. The van der Waals surface area contributed by atoms with E-state index in [-0.39, 0.29) is 12.0 Å². The topological polar surface area (TPSA) is 40.5 Å². The number of hydrogen-bond acceptors (Lipinski definition) is 2. The van der Waals surface area contributed by atoms with Crippen LogP contribution in [0.25, 0.3) is 0 Å². The number of carbonyl (C=O) groups is 1. The average molecular weight is 237 g/mol. The molecule has 3 aliphatic rings. The van der Waals surface area contributed by atoms with E-state index in [1.54, 1.807) is 0 Å². The summed E-state index contributed by atoms with van der Waals surface area (Å²) in [5, 5.41) is 9.77. The van der Waals surface area contributed by atoms with Crippen LogP contribution in [0.3, 0.4) is 0 Å². The quantitative estimate of drug-likeness (QED) is 0.757. The van der Waals surface area contributed by atoms with E-state index >= 15 is 0 Å². The standard InChI is InChI=1S/C14H23NO2/c1-9-3-2-4-13(9)14(17)15-10-5-6-11(15)8-12(16)7-10/h9-13,16H,2-8H2,1H3. The third-order valence-corrected chi connectivity index (χ3v) is 5.14. The fourth-order valence-corrected chi connectivity index (χ4v) is 4.21. The van der Waals surface area contributed by atoms with Crippen molar-refractivity contribution in [3.05, 3.63) is 0 Å². The van der Waals surface area contributed by atoms with Crippen LogP contribution in [-0.4, -0.2) is 34.1 Å². The Balaban J connectivity index is 1.74. The van der Waals surface area contributed by atoms with Crippen molar-refractivity contribution in [2.24, 2.45) is 11.8 Å². The highest BCUT2D eigenvalue weighted by Crippen LogP contribution is 2.40. The van der Waals surface area contributed by atoms with Crippen LogP contribution in [0.15, 0.2) is 0 Å². The number of rotatable bonds is 1. The summed E-state index contributed by atoms with van der Waals surface area (Å²) in [6.45, 7) is 2.22. The fraction of sp³-hybridized carbons (Fsp3) is 0.929. The number of amides is 1. The zero-order chi connectivity index (χ0) is 12.0. The lowest BCUT2D eigenvalue weighted by Crippen LogP contribution is -2.50. The second kappa shape index (κ2) is 4.27. The number of aliphatic hydroxyl groups is 1. The van der Waals surface area contributed by atoms with E-state index in [2.05, 4.69) is 11.8 Å². The van der Waals surface area contributed by atoms with Gasteiger partial charge >= 0.3 is 0 Å². The Kier molecular flexibility index (Phi) is 2.89. The summed E-state index contributed by atoms with van der Waals surface area (Å²) >= 11 is 0. The summed E-state index contributed by atoms with van der Waals surface area (Å²) in [6.07, 6.45) is 7.16. The summed E-state index contributed by atoms with van der Waals surface area (Å²) in [4.78, 5) is 14.8. The predicted octanol–water partition coefficient (Wildman–Crippen LogP) is 1.94. The van der Waals surface area contributed by atoms with E-state index in [1.807, 2.05) is 0 Å². The minimum atomic E-state index is -0.169. The molecule has 0 radical (unpaired) electrons. The van der Waals surface area contributed by atoms with E-state index in [1.165, 1.54) is 12.8 Å². The van der Waals surface area contributed by atoms with E-state index in [0.29, 0.717) is 23.9 Å². The highest BCUT2D eigenvalue weighted by molar-refractivity contribution is 5.80. The largest absolute Gasteiger partial charge is 0.393 e. The van der Waals surface area contributed by atoms with Gasteiger partial charge in [0.15, 0.2) is 0 Å². The molecule has 1 amide bonds. The molecular formula is C14H23NO2. The van der Waals surface area contributed by atoms with Gasteiger partial charge in [0.25, 0.3) is 0 Å². The van der Waals surface area contributed by atoms with Gasteiger partial charge in [-0.3, -0.25) is 4.79 Å². The fourth-order valence-electron chi connectivity index (χ4n) is 4.21. The van der Waals surface area contributed by atoms with Crippen molar-refractivity contribution in [3.63, 3.8) is 0 Å². The summed E-state index contributed by atoms with van der Waals surface area (Å²) in [5.74, 6) is 1.23. The van der Waals surface area contributed by atoms with Gasteiger partial charge in [-0.15, -0.1) is 0 Å². The SMILES string of the molecule is CC1CCCC1C(=O)N1C2CCC1CC(O)C2. The molecule has 3 fully saturated rings. The molecule has 17 heavy (non-hydrogen) atoms. The summed E-state index contributed by atoms with van der Waals surface area (Å²) < 4.78 is 0. The van der Waals surface area contributed by atoms with Crippen LogP contribution in [0.2, 0.25) is 0 Å². The van der Waals surface area contributed by atoms with Gasteiger partial charge < -0.3 is 10.0 Å². The molecule has 3 heteroatoms. The number of piperidine rings is 1. The minimum absolute atomic E-state index is 0.169. The van der Waals surface area contributed by atoms with Gasteiger partial charge in [-0.2, -0.15) is 0 Å². The van der Waals surface area contributed by atoms with Crippen molar-refractivity contribution < 1.29 is 9.90 Å². The first-order valence-corrected chi connectivity index (χ1v) is 7.17. The van der Waals surface area contributed by atoms with Gasteiger partial charge in [0.05, 0.1) is 6.10 Å². The molecule has 3 rings (SSSR count). The molecule has 2 saturated heterocycles. The number of carbonyl (C=O) groups excluding carboxylic acids is 1. The molecule has 1 N–H and O–H groups in total. The van der Waals surface area contributed by atoms with Crippen molar-refractivity contribution in [2.45, 2.75) is 70.1 Å². The van der Waals surface area contributed by atoms with E-state index < -0.39 is 0 Å². The summed E-state index contributed by atoms with van der Waals surface area (Å²) in [6, 6.07) is 0.674. The lowest BCUT2D eigenvalue weighted by molar-refractivity contribution is -0.142. The average Bonchev–Trinajstić information content (AvgIpc) is 2.81. The maximum absolute atomic E-state index is 12.6. The van der Waals surface area contributed by atoms with Crippen molar-refractivity contribution in [3.8, 4) is 0 Å². The van der Waals surface area contributed by atoms with Crippen molar-refractivity contribution >= 4 is 5.91 Å². The Labute approximate surface area is 103 Å². The molecular weight excluding hydrogens is 214 g/mol. The lowest BCUT2D eigenvalue weighted by atomic mass is 9.92. The number of hydrogen-bond donors (Lipinski definition) is 1. The molecule has 96 valence electrons.